The molecule has 0 heterocycles. The van der Waals surface area contributed by atoms with Gasteiger partial charge in [-0.3, -0.25) is 0 Å². The number of rotatable bonds is 9. The van der Waals surface area contributed by atoms with Crippen molar-refractivity contribution in [2.75, 3.05) is 9.80 Å². The van der Waals surface area contributed by atoms with E-state index in [4.69, 9.17) is 0 Å². The monoisotopic (exact) mass is 965 g/mol. The summed E-state index contributed by atoms with van der Waals surface area (Å²) in [4.78, 5) is 5.21. The summed E-state index contributed by atoms with van der Waals surface area (Å²) in [5.41, 5.74) is 24.6. The van der Waals surface area contributed by atoms with Crippen molar-refractivity contribution in [3.05, 3.63) is 226 Å². The first-order valence-corrected chi connectivity index (χ1v) is 28.8. The van der Waals surface area contributed by atoms with E-state index >= 15 is 0 Å². The minimum atomic E-state index is -0.157. The van der Waals surface area contributed by atoms with Gasteiger partial charge >= 0.3 is 0 Å². The summed E-state index contributed by atoms with van der Waals surface area (Å²) in [6, 6.07) is 71.3. The third kappa shape index (κ3) is 8.14. The van der Waals surface area contributed by atoms with Gasteiger partial charge in [0.05, 0.1) is 0 Å². The van der Waals surface area contributed by atoms with Gasteiger partial charge in [-0.25, -0.2) is 0 Å². The summed E-state index contributed by atoms with van der Waals surface area (Å²) < 4.78 is 0. The highest BCUT2D eigenvalue weighted by Crippen LogP contribution is 2.61. The quantitative estimate of drug-likeness (QED) is 0.133. The fourth-order valence-corrected chi connectivity index (χ4v) is 16.1. The van der Waals surface area contributed by atoms with Crippen LogP contribution in [0.25, 0.3) is 22.3 Å². The molecule has 8 bridgehead atoms. The molecule has 0 spiro atoms. The first-order chi connectivity index (χ1) is 36.3. The summed E-state index contributed by atoms with van der Waals surface area (Å²) in [7, 11) is 0. The average molecular weight is 965 g/mol. The van der Waals surface area contributed by atoms with Crippen molar-refractivity contribution in [1.29, 1.82) is 0 Å². The van der Waals surface area contributed by atoms with Gasteiger partial charge < -0.3 is 9.80 Å². The van der Waals surface area contributed by atoms with Crippen LogP contribution in [0.2, 0.25) is 0 Å². The molecule has 5 fully saturated rings. The molecule has 2 heteroatoms. The van der Waals surface area contributed by atoms with Crippen LogP contribution in [0, 0.1) is 17.8 Å². The Hall–Kier alpha value is -6.64. The summed E-state index contributed by atoms with van der Waals surface area (Å²) in [6.07, 6.45) is 20.4. The maximum atomic E-state index is 2.64. The van der Waals surface area contributed by atoms with Gasteiger partial charge in [-0.1, -0.05) is 161 Å². The maximum Gasteiger partial charge on any atom is 0.0496 e. The molecule has 0 radical (unpaired) electrons. The largest absolute Gasteiger partial charge is 0.310 e. The molecule has 8 aromatic rings. The smallest absolute Gasteiger partial charge is 0.0496 e. The zero-order valence-electron chi connectivity index (χ0n) is 43.8. The Bertz CT molecular complexity index is 3300. The molecule has 10 aliphatic rings. The van der Waals surface area contributed by atoms with Crippen LogP contribution >= 0.6 is 0 Å². The predicted molar refractivity (Wildman–Crippen MR) is 310 cm³/mol. The number of anilines is 6. The molecule has 0 N–H and O–H groups in total. The van der Waals surface area contributed by atoms with E-state index < -0.39 is 0 Å². The highest BCUT2D eigenvalue weighted by molar-refractivity contribution is 5.96. The zero-order chi connectivity index (χ0) is 49.4. The van der Waals surface area contributed by atoms with Crippen LogP contribution in [0.3, 0.4) is 0 Å². The van der Waals surface area contributed by atoms with Crippen LogP contribution in [-0.4, -0.2) is 0 Å². The molecule has 0 saturated heterocycles. The normalized spacial score (nSPS) is 22.4. The van der Waals surface area contributed by atoms with Crippen molar-refractivity contribution >= 4 is 34.1 Å². The van der Waals surface area contributed by atoms with Crippen LogP contribution < -0.4 is 9.80 Å². The molecule has 0 aliphatic heterocycles. The minimum absolute atomic E-state index is 0.157. The van der Waals surface area contributed by atoms with Gasteiger partial charge in [0, 0.05) is 39.5 Å². The first kappa shape index (κ1) is 45.9. The number of para-hydroxylation sites is 1. The molecule has 370 valence electrons. The molecular weight excluding hydrogens is 893 g/mol. The second-order valence-electron chi connectivity index (χ2n) is 24.4. The topological polar surface area (TPSA) is 6.48 Å². The Balaban J connectivity index is 0.864. The van der Waals surface area contributed by atoms with Crippen LogP contribution in [0.1, 0.15) is 141 Å². The van der Waals surface area contributed by atoms with E-state index in [1.807, 2.05) is 0 Å². The molecule has 0 atom stereocenters. The molecule has 18 rings (SSSR count). The van der Waals surface area contributed by atoms with Crippen molar-refractivity contribution in [2.45, 2.75) is 133 Å². The van der Waals surface area contributed by atoms with E-state index in [0.29, 0.717) is 11.3 Å². The van der Waals surface area contributed by atoms with Crippen molar-refractivity contribution in [1.82, 2.24) is 0 Å². The molecule has 0 aromatic heterocycles. The molecule has 74 heavy (non-hydrogen) atoms. The number of nitrogens with zero attached hydrogens (tertiary/aromatic N) is 2. The summed E-state index contributed by atoms with van der Waals surface area (Å²) in [5, 5.41) is 0. The first-order valence-electron chi connectivity index (χ1n) is 28.8. The van der Waals surface area contributed by atoms with E-state index in [2.05, 4.69) is 206 Å². The average Bonchev–Trinajstić information content (AvgIpc) is 3.63. The van der Waals surface area contributed by atoms with Gasteiger partial charge in [0.1, 0.15) is 0 Å². The second-order valence-corrected chi connectivity index (χ2v) is 24.4. The minimum Gasteiger partial charge on any atom is -0.310 e. The Kier molecular flexibility index (Phi) is 11.6. The number of aryl methyl sites for hydroxylation is 4. The third-order valence-corrected chi connectivity index (χ3v) is 19.4. The van der Waals surface area contributed by atoms with Gasteiger partial charge in [0.2, 0.25) is 0 Å². The van der Waals surface area contributed by atoms with E-state index in [-0.39, 0.29) is 5.41 Å². The molecule has 5 saturated carbocycles. The van der Waals surface area contributed by atoms with Gasteiger partial charge in [0.25, 0.3) is 0 Å². The summed E-state index contributed by atoms with van der Waals surface area (Å²) >= 11 is 0. The zero-order valence-corrected chi connectivity index (χ0v) is 43.8. The van der Waals surface area contributed by atoms with Crippen molar-refractivity contribution in [2.24, 2.45) is 17.8 Å². The Morgan fingerprint density at radius 3 is 1.55 bits per heavy atom. The highest BCUT2D eigenvalue weighted by Gasteiger charge is 2.51. The van der Waals surface area contributed by atoms with Crippen LogP contribution in [-0.2, 0) is 36.5 Å². The molecule has 2 nitrogen and oxygen atoms in total. The van der Waals surface area contributed by atoms with Crippen LogP contribution in [0.4, 0.5) is 34.1 Å². The summed E-state index contributed by atoms with van der Waals surface area (Å²) in [5.74, 6) is 3.46. The summed E-state index contributed by atoms with van der Waals surface area (Å²) in [6.45, 7) is 4.87. The molecule has 8 aromatic carbocycles. The molecule has 0 unspecified atom stereocenters. The van der Waals surface area contributed by atoms with Gasteiger partial charge in [0.15, 0.2) is 0 Å². The van der Waals surface area contributed by atoms with Gasteiger partial charge in [-0.05, 0) is 234 Å². The highest BCUT2D eigenvalue weighted by atomic mass is 15.2. The third-order valence-electron chi connectivity index (χ3n) is 19.4. The predicted octanol–water partition coefficient (Wildman–Crippen LogP) is 19.4. The fourth-order valence-electron chi connectivity index (χ4n) is 16.1. The fraction of sp³-hybridized carbons (Fsp3) is 0.333. The van der Waals surface area contributed by atoms with Crippen molar-refractivity contribution < 1.29 is 0 Å². The van der Waals surface area contributed by atoms with E-state index in [0.717, 1.165) is 43.4 Å². The van der Waals surface area contributed by atoms with E-state index in [1.165, 1.54) is 172 Å². The standard InChI is InChI=1S/C72H72N2/c1-71(2)66-22-14-13-21-64(66)70-65(56-17-9-5-10-18-56)44-63(45-67(70)71)74(61-35-31-55(32-36-61)54-15-7-3-4-8-16-54)69-43-50-24-28-57-27-23-49(25-29-58(69)30-26-50)42-68(57)73(60-19-11-6-12-20-60)62-37-33-59(34-38-62)72-46-51-39-52(47-72)41-53(40-51)48-72/h5-6,9-14,17-23,26-27,30-38,42-45,51-54H,3-4,7-8,15-16,24-25,28-29,39-41,46-48H2,1-2H3. The van der Waals surface area contributed by atoms with Crippen LogP contribution in [0.5, 0.6) is 0 Å². The SMILES string of the molecule is CC1(C)c2ccccc2-c2c(-c3ccccc3)cc(N(c3ccc(C4CCCCCC4)cc3)c3cc4ccc3CCc3ccc(c(N(c5ccccc5)c5ccc(C67CC8CC(CC(C8)C6)C7)cc5)c3)CC4)cc21. The Labute approximate surface area is 441 Å². The lowest BCUT2D eigenvalue weighted by molar-refractivity contribution is -0.00518. The lowest BCUT2D eigenvalue weighted by Gasteiger charge is -2.57. The number of benzene rings is 8. The van der Waals surface area contributed by atoms with Crippen molar-refractivity contribution in [3.8, 4) is 22.3 Å². The van der Waals surface area contributed by atoms with E-state index in [9.17, 15) is 0 Å². The van der Waals surface area contributed by atoms with E-state index in [1.54, 1.807) is 5.56 Å². The lowest BCUT2D eigenvalue weighted by Crippen LogP contribution is -2.48. The Morgan fingerprint density at radius 1 is 0.419 bits per heavy atom. The number of hydrogen-bond donors (Lipinski definition) is 0. The number of fused-ring (bicyclic) bond motifs is 3. The van der Waals surface area contributed by atoms with Crippen LogP contribution in [0.15, 0.2) is 182 Å². The maximum absolute atomic E-state index is 2.64. The number of hydrogen-bond acceptors (Lipinski definition) is 2. The Morgan fingerprint density at radius 2 is 0.946 bits per heavy atom. The van der Waals surface area contributed by atoms with Gasteiger partial charge in [-0.2, -0.15) is 0 Å². The van der Waals surface area contributed by atoms with Crippen molar-refractivity contribution in [3.63, 3.8) is 0 Å². The second kappa shape index (κ2) is 18.6. The van der Waals surface area contributed by atoms with Gasteiger partial charge in [-0.15, -0.1) is 0 Å². The lowest BCUT2D eigenvalue weighted by atomic mass is 9.48. The molecule has 10 aliphatic carbocycles. The molecular formula is C72H72N2. The molecule has 0 amide bonds.